The van der Waals surface area contributed by atoms with E-state index in [-0.39, 0.29) is 6.04 Å². The number of nitrogens with zero attached hydrogens (tertiary/aromatic N) is 1. The van der Waals surface area contributed by atoms with Crippen molar-refractivity contribution in [1.29, 1.82) is 0 Å². The van der Waals surface area contributed by atoms with Crippen LogP contribution in [0.5, 0.6) is 0 Å². The number of unbranched alkanes of at least 4 members (excludes halogenated alkanes) is 1. The van der Waals surface area contributed by atoms with Gasteiger partial charge in [0, 0.05) is 18.4 Å². The number of rotatable bonds is 6. The molecule has 0 aliphatic carbocycles. The number of nitrogens with two attached hydrogens (primary N) is 1. The van der Waals surface area contributed by atoms with Gasteiger partial charge in [0.25, 0.3) is 0 Å². The molecule has 1 aromatic heterocycles. The van der Waals surface area contributed by atoms with E-state index >= 15 is 0 Å². The summed E-state index contributed by atoms with van der Waals surface area (Å²) in [4.78, 5) is 4.18. The summed E-state index contributed by atoms with van der Waals surface area (Å²) in [5, 5.41) is 0. The molecule has 1 heterocycles. The quantitative estimate of drug-likeness (QED) is 0.795. The largest absolute Gasteiger partial charge is 0.324 e. The molecule has 0 aliphatic rings. The molecule has 2 heteroatoms. The van der Waals surface area contributed by atoms with Gasteiger partial charge in [-0.15, -0.1) is 0 Å². The molecule has 0 saturated carbocycles. The number of aryl methyl sites for hydroxylation is 1. The van der Waals surface area contributed by atoms with E-state index in [1.54, 1.807) is 0 Å². The molecule has 2 nitrogen and oxygen atoms in total. The Bertz CT molecular complexity index is 309. The highest BCUT2D eigenvalue weighted by molar-refractivity contribution is 5.25. The average Bonchev–Trinajstić information content (AvgIpc) is 2.30. The minimum atomic E-state index is 0.144. The van der Waals surface area contributed by atoms with Crippen molar-refractivity contribution < 1.29 is 0 Å². The molecule has 2 N–H and O–H groups in total. The fourth-order valence-electron chi connectivity index (χ4n) is 2.18. The van der Waals surface area contributed by atoms with Crippen molar-refractivity contribution in [2.75, 3.05) is 0 Å². The van der Waals surface area contributed by atoms with Crippen LogP contribution in [-0.2, 0) is 0 Å². The summed E-state index contributed by atoms with van der Waals surface area (Å²) >= 11 is 0. The Balaban J connectivity index is 2.74. The van der Waals surface area contributed by atoms with Gasteiger partial charge in [-0.25, -0.2) is 0 Å². The fourth-order valence-corrected chi connectivity index (χ4v) is 2.18. The van der Waals surface area contributed by atoms with Gasteiger partial charge >= 0.3 is 0 Å². The molecular weight excluding hydrogens is 196 g/mol. The van der Waals surface area contributed by atoms with Crippen molar-refractivity contribution >= 4 is 0 Å². The van der Waals surface area contributed by atoms with Crippen molar-refractivity contribution in [3.63, 3.8) is 0 Å². The molecule has 0 radical (unpaired) electrons. The predicted molar refractivity (Wildman–Crippen MR) is 69.2 cm³/mol. The number of aromatic nitrogens is 1. The maximum Gasteiger partial charge on any atom is 0.0341 e. The van der Waals surface area contributed by atoms with Gasteiger partial charge in [0.15, 0.2) is 0 Å². The van der Waals surface area contributed by atoms with Gasteiger partial charge in [0.05, 0.1) is 0 Å². The summed E-state index contributed by atoms with van der Waals surface area (Å²) in [5.41, 5.74) is 8.83. The lowest BCUT2D eigenvalue weighted by Crippen LogP contribution is -2.22. The smallest absolute Gasteiger partial charge is 0.0341 e. The molecule has 0 aromatic carbocycles. The zero-order chi connectivity index (χ0) is 12.0. The van der Waals surface area contributed by atoms with Gasteiger partial charge in [0.1, 0.15) is 0 Å². The minimum Gasteiger partial charge on any atom is -0.324 e. The van der Waals surface area contributed by atoms with E-state index in [0.717, 1.165) is 6.42 Å². The zero-order valence-electron chi connectivity index (χ0n) is 10.7. The van der Waals surface area contributed by atoms with Gasteiger partial charge < -0.3 is 5.73 Å². The first kappa shape index (κ1) is 13.2. The monoisotopic (exact) mass is 220 g/mol. The molecule has 0 bridgehead atoms. The highest BCUT2D eigenvalue weighted by Gasteiger charge is 2.18. The molecule has 2 unspecified atom stereocenters. The minimum absolute atomic E-state index is 0.144. The molecule has 1 aromatic rings. The molecule has 1 rings (SSSR count). The summed E-state index contributed by atoms with van der Waals surface area (Å²) in [6, 6.07) is 2.19. The number of hydrogen-bond donors (Lipinski definition) is 1. The third kappa shape index (κ3) is 3.31. The lowest BCUT2D eigenvalue weighted by molar-refractivity contribution is 0.376. The first-order chi connectivity index (χ1) is 7.70. The van der Waals surface area contributed by atoms with Crippen LogP contribution >= 0.6 is 0 Å². The molecule has 0 fully saturated rings. The van der Waals surface area contributed by atoms with E-state index in [9.17, 15) is 0 Å². The van der Waals surface area contributed by atoms with Crippen LogP contribution in [-0.4, -0.2) is 4.98 Å². The normalized spacial score (nSPS) is 14.8. The second-order valence-electron chi connectivity index (χ2n) is 4.57. The van der Waals surface area contributed by atoms with Crippen LogP contribution in [0.3, 0.4) is 0 Å². The highest BCUT2D eigenvalue weighted by Crippen LogP contribution is 2.28. The summed E-state index contributed by atoms with van der Waals surface area (Å²) in [6.07, 6.45) is 8.64. The van der Waals surface area contributed by atoms with Crippen molar-refractivity contribution in [3.8, 4) is 0 Å². The van der Waals surface area contributed by atoms with Gasteiger partial charge in [0.2, 0.25) is 0 Å². The van der Waals surface area contributed by atoms with Crippen LogP contribution < -0.4 is 5.73 Å². The summed E-state index contributed by atoms with van der Waals surface area (Å²) in [7, 11) is 0. The Morgan fingerprint density at radius 2 is 2.12 bits per heavy atom. The van der Waals surface area contributed by atoms with E-state index in [2.05, 4.69) is 25.8 Å². The van der Waals surface area contributed by atoms with Crippen LogP contribution in [0.15, 0.2) is 18.5 Å². The van der Waals surface area contributed by atoms with E-state index in [1.807, 2.05) is 18.5 Å². The molecule has 90 valence electrons. The predicted octanol–water partition coefficient (Wildman–Crippen LogP) is 3.61. The van der Waals surface area contributed by atoms with Crippen molar-refractivity contribution in [1.82, 2.24) is 4.98 Å². The van der Waals surface area contributed by atoms with Crippen molar-refractivity contribution in [2.24, 2.45) is 11.7 Å². The van der Waals surface area contributed by atoms with Gasteiger partial charge in [-0.2, -0.15) is 0 Å². The topological polar surface area (TPSA) is 38.9 Å². The molecule has 0 aliphatic heterocycles. The molecule has 0 saturated heterocycles. The van der Waals surface area contributed by atoms with Crippen LogP contribution in [0.2, 0.25) is 0 Å². The van der Waals surface area contributed by atoms with Gasteiger partial charge in [-0.1, -0.05) is 33.1 Å². The highest BCUT2D eigenvalue weighted by atomic mass is 14.7. The molecular formula is C14H24N2. The number of pyridine rings is 1. The van der Waals surface area contributed by atoms with Crippen LogP contribution in [0.4, 0.5) is 0 Å². The Morgan fingerprint density at radius 1 is 1.38 bits per heavy atom. The Labute approximate surface area is 99.3 Å². The maximum atomic E-state index is 6.35. The molecule has 0 spiro atoms. The number of hydrogen-bond acceptors (Lipinski definition) is 2. The molecule has 2 atom stereocenters. The first-order valence-electron chi connectivity index (χ1n) is 6.36. The van der Waals surface area contributed by atoms with Crippen LogP contribution in [0.25, 0.3) is 0 Å². The molecule has 16 heavy (non-hydrogen) atoms. The average molecular weight is 220 g/mol. The SMILES string of the molecule is CCCCC(CC)C(N)c1cnccc1C. The van der Waals surface area contributed by atoms with E-state index < -0.39 is 0 Å². The second-order valence-corrected chi connectivity index (χ2v) is 4.57. The lowest BCUT2D eigenvalue weighted by atomic mass is 9.87. The van der Waals surface area contributed by atoms with Gasteiger partial charge in [-0.3, -0.25) is 4.98 Å². The fraction of sp³-hybridized carbons (Fsp3) is 0.643. The van der Waals surface area contributed by atoms with E-state index in [4.69, 9.17) is 5.73 Å². The first-order valence-corrected chi connectivity index (χ1v) is 6.36. The van der Waals surface area contributed by atoms with Crippen molar-refractivity contribution in [2.45, 2.75) is 52.5 Å². The van der Waals surface area contributed by atoms with Crippen LogP contribution in [0, 0.1) is 12.8 Å². The van der Waals surface area contributed by atoms with E-state index in [1.165, 1.54) is 30.4 Å². The summed E-state index contributed by atoms with van der Waals surface area (Å²) in [5.74, 6) is 0.586. The van der Waals surface area contributed by atoms with Crippen LogP contribution in [0.1, 0.15) is 56.7 Å². The standard InChI is InChI=1S/C14H24N2/c1-4-6-7-12(5-2)14(15)13-10-16-9-8-11(13)3/h8-10,12,14H,4-7,15H2,1-3H3. The lowest BCUT2D eigenvalue weighted by Gasteiger charge is -2.23. The maximum absolute atomic E-state index is 6.35. The second kappa shape index (κ2) is 6.64. The Hall–Kier alpha value is -0.890. The summed E-state index contributed by atoms with van der Waals surface area (Å²) < 4.78 is 0. The van der Waals surface area contributed by atoms with Gasteiger partial charge in [-0.05, 0) is 36.5 Å². The third-order valence-corrected chi connectivity index (χ3v) is 3.40. The zero-order valence-corrected chi connectivity index (χ0v) is 10.7. The third-order valence-electron chi connectivity index (χ3n) is 3.40. The Morgan fingerprint density at radius 3 is 2.69 bits per heavy atom. The summed E-state index contributed by atoms with van der Waals surface area (Å²) in [6.45, 7) is 6.57. The molecule has 0 amide bonds. The Kier molecular flexibility index (Phi) is 5.47. The van der Waals surface area contributed by atoms with Crippen molar-refractivity contribution in [3.05, 3.63) is 29.6 Å². The van der Waals surface area contributed by atoms with E-state index in [0.29, 0.717) is 5.92 Å².